The maximum atomic E-state index is 6.05. The van der Waals surface area contributed by atoms with Gasteiger partial charge in [0.2, 0.25) is 0 Å². The summed E-state index contributed by atoms with van der Waals surface area (Å²) in [5, 5.41) is 4.35. The number of pyridine rings is 1. The van der Waals surface area contributed by atoms with Crippen molar-refractivity contribution >= 4 is 10.9 Å². The molecule has 2 rings (SSSR count). The van der Waals surface area contributed by atoms with Crippen LogP contribution in [-0.2, 0) is 0 Å². The lowest BCUT2D eigenvalue weighted by atomic mass is 10.1. The second-order valence-corrected chi connectivity index (χ2v) is 5.13. The lowest BCUT2D eigenvalue weighted by Crippen LogP contribution is -2.28. The van der Waals surface area contributed by atoms with Crippen molar-refractivity contribution < 1.29 is 4.74 Å². The molecule has 1 N–H and O–H groups in total. The van der Waals surface area contributed by atoms with Gasteiger partial charge in [0.1, 0.15) is 11.3 Å². The third kappa shape index (κ3) is 3.44. The first-order valence-electron chi connectivity index (χ1n) is 6.80. The Morgan fingerprint density at radius 3 is 2.74 bits per heavy atom. The molecule has 19 heavy (non-hydrogen) atoms. The number of benzene rings is 1. The molecule has 0 spiro atoms. The summed E-state index contributed by atoms with van der Waals surface area (Å²) in [5.74, 6) is 0.872. The Labute approximate surface area is 115 Å². The molecule has 1 aromatic carbocycles. The molecule has 0 bridgehead atoms. The van der Waals surface area contributed by atoms with Gasteiger partial charge in [0.25, 0.3) is 0 Å². The summed E-state index contributed by atoms with van der Waals surface area (Å²) in [6, 6.07) is 10.6. The van der Waals surface area contributed by atoms with Gasteiger partial charge in [-0.15, -0.1) is 0 Å². The zero-order chi connectivity index (χ0) is 13.8. The van der Waals surface area contributed by atoms with Crippen LogP contribution in [0.1, 0.15) is 26.0 Å². The van der Waals surface area contributed by atoms with E-state index in [0.717, 1.165) is 28.8 Å². The number of aromatic nitrogens is 1. The molecule has 102 valence electrons. The number of para-hydroxylation sites is 1. The van der Waals surface area contributed by atoms with Gasteiger partial charge in [0.15, 0.2) is 0 Å². The molecule has 3 nitrogen and oxygen atoms in total. The van der Waals surface area contributed by atoms with E-state index in [-0.39, 0.29) is 6.10 Å². The van der Waals surface area contributed by atoms with Gasteiger partial charge in [-0.25, -0.2) is 4.98 Å². The van der Waals surface area contributed by atoms with E-state index in [9.17, 15) is 0 Å². The molecule has 0 aliphatic rings. The molecule has 0 saturated heterocycles. The molecular formula is C16H22N2O. The molecule has 0 amide bonds. The van der Waals surface area contributed by atoms with Crippen molar-refractivity contribution in [3.63, 3.8) is 0 Å². The summed E-state index contributed by atoms with van der Waals surface area (Å²) in [5.41, 5.74) is 1.96. The summed E-state index contributed by atoms with van der Waals surface area (Å²) in [4.78, 5) is 4.59. The summed E-state index contributed by atoms with van der Waals surface area (Å²) >= 11 is 0. The molecule has 0 saturated carbocycles. The summed E-state index contributed by atoms with van der Waals surface area (Å²) in [6.45, 7) is 6.26. The minimum absolute atomic E-state index is 0.162. The first kappa shape index (κ1) is 13.8. The number of nitrogens with zero attached hydrogens (tertiary/aromatic N) is 1. The highest BCUT2D eigenvalue weighted by atomic mass is 16.5. The van der Waals surface area contributed by atoms with Gasteiger partial charge in [0.05, 0.1) is 6.10 Å². The molecule has 1 aromatic heterocycles. The lowest BCUT2D eigenvalue weighted by molar-refractivity contribution is 0.200. The van der Waals surface area contributed by atoms with E-state index in [4.69, 9.17) is 4.74 Å². The van der Waals surface area contributed by atoms with Crippen LogP contribution in [0, 0.1) is 6.92 Å². The van der Waals surface area contributed by atoms with E-state index in [0.29, 0.717) is 6.04 Å². The van der Waals surface area contributed by atoms with Crippen LogP contribution in [-0.4, -0.2) is 24.2 Å². The van der Waals surface area contributed by atoms with E-state index in [1.165, 1.54) is 0 Å². The van der Waals surface area contributed by atoms with Crippen LogP contribution in [0.4, 0.5) is 0 Å². The van der Waals surface area contributed by atoms with E-state index in [2.05, 4.69) is 36.3 Å². The Balaban J connectivity index is 2.22. The van der Waals surface area contributed by atoms with Gasteiger partial charge in [-0.1, -0.05) is 18.2 Å². The minimum Gasteiger partial charge on any atom is -0.488 e. The number of hydrogen-bond acceptors (Lipinski definition) is 3. The molecule has 2 aromatic rings. The summed E-state index contributed by atoms with van der Waals surface area (Å²) < 4.78 is 6.05. The number of rotatable bonds is 5. The maximum Gasteiger partial charge on any atom is 0.145 e. The molecule has 2 atom stereocenters. The number of nitrogens with one attached hydrogen (secondary N) is 1. The van der Waals surface area contributed by atoms with Gasteiger partial charge in [-0.05, 0) is 46.4 Å². The van der Waals surface area contributed by atoms with Gasteiger partial charge in [-0.3, -0.25) is 0 Å². The van der Waals surface area contributed by atoms with Crippen molar-refractivity contribution in [3.05, 3.63) is 36.0 Å². The standard InChI is InChI=1S/C16H22N2O/c1-11-8-9-14-6-5-7-15(16(14)18-11)19-13(3)10-12(2)17-4/h5-9,12-13,17H,10H2,1-4H3. The average molecular weight is 258 g/mol. The molecule has 2 unspecified atom stereocenters. The van der Waals surface area contributed by atoms with Gasteiger partial charge >= 0.3 is 0 Å². The monoisotopic (exact) mass is 258 g/mol. The van der Waals surface area contributed by atoms with Gasteiger partial charge in [-0.2, -0.15) is 0 Å². The van der Waals surface area contributed by atoms with Crippen LogP contribution in [0.5, 0.6) is 5.75 Å². The SMILES string of the molecule is CNC(C)CC(C)Oc1cccc2ccc(C)nc12. The van der Waals surface area contributed by atoms with Crippen molar-refractivity contribution in [2.24, 2.45) is 0 Å². The van der Waals surface area contributed by atoms with Gasteiger partial charge in [0, 0.05) is 17.1 Å². The number of fused-ring (bicyclic) bond motifs is 1. The molecule has 0 fully saturated rings. The predicted octanol–water partition coefficient (Wildman–Crippen LogP) is 3.31. The quantitative estimate of drug-likeness (QED) is 0.893. The fourth-order valence-corrected chi connectivity index (χ4v) is 2.19. The predicted molar refractivity (Wildman–Crippen MR) is 79.7 cm³/mol. The van der Waals surface area contributed by atoms with Crippen LogP contribution in [0.15, 0.2) is 30.3 Å². The van der Waals surface area contributed by atoms with Crippen molar-refractivity contribution in [1.82, 2.24) is 10.3 Å². The number of ether oxygens (including phenoxy) is 1. The largest absolute Gasteiger partial charge is 0.488 e. The fourth-order valence-electron chi connectivity index (χ4n) is 2.19. The van der Waals surface area contributed by atoms with E-state index < -0.39 is 0 Å². The molecule has 3 heteroatoms. The highest BCUT2D eigenvalue weighted by Crippen LogP contribution is 2.25. The highest BCUT2D eigenvalue weighted by Gasteiger charge is 2.11. The van der Waals surface area contributed by atoms with Crippen LogP contribution in [0.25, 0.3) is 10.9 Å². The van der Waals surface area contributed by atoms with E-state index in [1.54, 1.807) is 0 Å². The van der Waals surface area contributed by atoms with E-state index in [1.807, 2.05) is 32.2 Å². The second kappa shape index (κ2) is 6.02. The topological polar surface area (TPSA) is 34.1 Å². The Morgan fingerprint density at radius 2 is 2.00 bits per heavy atom. The molecular weight excluding hydrogens is 236 g/mol. The maximum absolute atomic E-state index is 6.05. The molecule has 0 aliphatic carbocycles. The Hall–Kier alpha value is -1.61. The molecule has 0 radical (unpaired) electrons. The molecule has 0 aliphatic heterocycles. The minimum atomic E-state index is 0.162. The Morgan fingerprint density at radius 1 is 1.21 bits per heavy atom. The smallest absolute Gasteiger partial charge is 0.145 e. The number of hydrogen-bond donors (Lipinski definition) is 1. The van der Waals surface area contributed by atoms with Crippen molar-refractivity contribution in [3.8, 4) is 5.75 Å². The van der Waals surface area contributed by atoms with Crippen LogP contribution >= 0.6 is 0 Å². The van der Waals surface area contributed by atoms with E-state index >= 15 is 0 Å². The van der Waals surface area contributed by atoms with Gasteiger partial charge < -0.3 is 10.1 Å². The normalized spacial score (nSPS) is 14.3. The van der Waals surface area contributed by atoms with Crippen LogP contribution in [0.2, 0.25) is 0 Å². The Kier molecular flexibility index (Phi) is 4.38. The zero-order valence-corrected chi connectivity index (χ0v) is 12.1. The first-order chi connectivity index (χ1) is 9.10. The van der Waals surface area contributed by atoms with Crippen LogP contribution < -0.4 is 10.1 Å². The van der Waals surface area contributed by atoms with Crippen molar-refractivity contribution in [2.75, 3.05) is 7.05 Å². The average Bonchev–Trinajstić information content (AvgIpc) is 2.39. The third-order valence-corrected chi connectivity index (χ3v) is 3.33. The van der Waals surface area contributed by atoms with Crippen molar-refractivity contribution in [2.45, 2.75) is 39.3 Å². The summed E-state index contributed by atoms with van der Waals surface area (Å²) in [7, 11) is 1.97. The third-order valence-electron chi connectivity index (χ3n) is 3.33. The molecule has 1 heterocycles. The van der Waals surface area contributed by atoms with Crippen LogP contribution in [0.3, 0.4) is 0 Å². The zero-order valence-electron chi connectivity index (χ0n) is 12.1. The lowest BCUT2D eigenvalue weighted by Gasteiger charge is -2.19. The Bertz CT molecular complexity index is 553. The highest BCUT2D eigenvalue weighted by molar-refractivity contribution is 5.84. The summed E-state index contributed by atoms with van der Waals surface area (Å²) in [6.07, 6.45) is 1.13. The first-order valence-corrected chi connectivity index (χ1v) is 6.80. The van der Waals surface area contributed by atoms with Crippen molar-refractivity contribution in [1.29, 1.82) is 0 Å². The second-order valence-electron chi connectivity index (χ2n) is 5.13. The number of aryl methyl sites for hydroxylation is 1. The fraction of sp³-hybridized carbons (Fsp3) is 0.438.